The van der Waals surface area contributed by atoms with Crippen molar-refractivity contribution in [1.82, 2.24) is 14.5 Å². The number of phenolic OH excluding ortho intramolecular Hbond substituents is 1. The highest BCUT2D eigenvalue weighted by Crippen LogP contribution is 2.48. The fourth-order valence-corrected chi connectivity index (χ4v) is 9.72. The zero-order valence-corrected chi connectivity index (χ0v) is 44.9. The molecule has 4 heteroatoms. The van der Waals surface area contributed by atoms with Crippen LogP contribution in [0.2, 0.25) is 0 Å². The highest BCUT2D eigenvalue weighted by molar-refractivity contribution is 6.00. The van der Waals surface area contributed by atoms with Gasteiger partial charge in [0.25, 0.3) is 0 Å². The molecule has 75 heavy (non-hydrogen) atoms. The van der Waals surface area contributed by atoms with Crippen molar-refractivity contribution in [1.29, 1.82) is 0 Å². The van der Waals surface area contributed by atoms with Crippen molar-refractivity contribution >= 4 is 11.0 Å². The molecule has 0 aliphatic rings. The fraction of sp³-hybridized carbons (Fsp3) is 0.239. The maximum atomic E-state index is 13.0. The summed E-state index contributed by atoms with van der Waals surface area (Å²) in [4.78, 5) is 10.6. The van der Waals surface area contributed by atoms with Crippen molar-refractivity contribution in [2.75, 3.05) is 0 Å². The molecule has 8 aromatic carbocycles. The Morgan fingerprint density at radius 3 is 1.60 bits per heavy atom. The Morgan fingerprint density at radius 1 is 0.453 bits per heavy atom. The van der Waals surface area contributed by atoms with Gasteiger partial charge in [-0.15, -0.1) is 0 Å². The normalized spacial score (nSPS) is 15.0. The van der Waals surface area contributed by atoms with E-state index in [2.05, 4.69) is 53.7 Å². The molecule has 0 unspecified atom stereocenters. The van der Waals surface area contributed by atoms with Crippen LogP contribution < -0.4 is 0 Å². The summed E-state index contributed by atoms with van der Waals surface area (Å²) in [6.07, 6.45) is 1.76. The number of phenols is 1. The van der Waals surface area contributed by atoms with Crippen molar-refractivity contribution in [3.8, 4) is 89.7 Å². The van der Waals surface area contributed by atoms with Crippen LogP contribution in [0.5, 0.6) is 5.75 Å². The first kappa shape index (κ1) is 37.0. The van der Waals surface area contributed by atoms with E-state index >= 15 is 0 Å². The van der Waals surface area contributed by atoms with E-state index in [4.69, 9.17) is 22.3 Å². The van der Waals surface area contributed by atoms with Crippen LogP contribution in [0.15, 0.2) is 188 Å². The molecule has 0 aliphatic heterocycles. The van der Waals surface area contributed by atoms with E-state index in [1.807, 2.05) is 126 Å². The lowest BCUT2D eigenvalue weighted by atomic mass is 9.78. The third-order valence-corrected chi connectivity index (χ3v) is 14.1. The van der Waals surface area contributed by atoms with Crippen molar-refractivity contribution in [2.45, 2.75) is 112 Å². The topological polar surface area (TPSA) is 50.9 Å². The Labute approximate surface area is 464 Å². The summed E-state index contributed by atoms with van der Waals surface area (Å²) in [5.41, 5.74) is 8.09. The third kappa shape index (κ3) is 9.99. The van der Waals surface area contributed by atoms with Gasteiger partial charge >= 0.3 is 0 Å². The Balaban J connectivity index is 1.34. The summed E-state index contributed by atoms with van der Waals surface area (Å²) in [6.45, 7) is 22.1. The van der Waals surface area contributed by atoms with Crippen molar-refractivity contribution in [3.05, 3.63) is 216 Å². The number of hydrogen-bond donors (Lipinski definition) is 1. The molecule has 10 rings (SSSR count). The van der Waals surface area contributed by atoms with Crippen molar-refractivity contribution in [3.63, 3.8) is 0 Å². The number of benzene rings is 8. The zero-order chi connectivity index (χ0) is 64.4. The molecule has 0 saturated heterocycles. The maximum absolute atomic E-state index is 13.0. The lowest BCUT2D eigenvalue weighted by molar-refractivity contribution is 0.446. The quantitative estimate of drug-likeness (QED) is 0.165. The first-order valence-electron chi connectivity index (χ1n) is 32.0. The van der Waals surface area contributed by atoms with Crippen LogP contribution in [-0.4, -0.2) is 19.6 Å². The molecule has 0 spiro atoms. The smallest absolute Gasteiger partial charge is 0.149 e. The van der Waals surface area contributed by atoms with Gasteiger partial charge in [-0.1, -0.05) is 216 Å². The first-order chi connectivity index (χ1) is 40.9. The molecule has 2 heterocycles. The molecule has 0 aliphatic carbocycles. The van der Waals surface area contributed by atoms with E-state index in [0.29, 0.717) is 39.0 Å². The molecule has 2 aromatic heterocycles. The molecule has 4 nitrogen and oxygen atoms in total. The van der Waals surface area contributed by atoms with Crippen LogP contribution in [0.4, 0.5) is 0 Å². The standard InChI is InChI=1S/C71H71N3O/c1-45-23-20-21-28-56(45)49-33-31-46(32-34-49)50-35-36-72-62(40-50)52-37-51(38-53(39-52)68(2,3)4)57-29-22-30-63-64(57)73-67(60-43-55(70(8,9)10)44-61(66(60)75)71(11,12)13)74(63)65-58(47-24-16-14-17-25-47)41-54(69(5,6)7)42-59(65)48-26-18-15-19-27-48/h14-44,75H,1-13H3/i1D3,14D,15D,16D,17D,18D,19D,24D,25D,26D,27D. The molecule has 0 amide bonds. The highest BCUT2D eigenvalue weighted by Gasteiger charge is 2.31. The number of fused-ring (bicyclic) bond motifs is 1. The van der Waals surface area contributed by atoms with Gasteiger partial charge in [-0.3, -0.25) is 9.55 Å². The van der Waals surface area contributed by atoms with Gasteiger partial charge in [0, 0.05) is 38.1 Å². The summed E-state index contributed by atoms with van der Waals surface area (Å²) in [7, 11) is 0. The van der Waals surface area contributed by atoms with Crippen LogP contribution in [-0.2, 0) is 21.7 Å². The average Bonchev–Trinajstić information content (AvgIpc) is 1.39. The third-order valence-electron chi connectivity index (χ3n) is 14.1. The summed E-state index contributed by atoms with van der Waals surface area (Å²) in [5.74, 6) is 0.0773. The Hall–Kier alpha value is -7.82. The van der Waals surface area contributed by atoms with E-state index in [9.17, 15) is 10.6 Å². The van der Waals surface area contributed by atoms with Gasteiger partial charge in [0.1, 0.15) is 11.6 Å². The highest BCUT2D eigenvalue weighted by atomic mass is 16.3. The molecule has 10 aromatic rings. The summed E-state index contributed by atoms with van der Waals surface area (Å²) >= 11 is 0. The van der Waals surface area contributed by atoms with Gasteiger partial charge in [-0.05, 0) is 138 Å². The zero-order valence-electron chi connectivity index (χ0n) is 57.9. The second-order valence-corrected chi connectivity index (χ2v) is 23.6. The second kappa shape index (κ2) is 19.1. The van der Waals surface area contributed by atoms with Crippen LogP contribution in [0.3, 0.4) is 0 Å². The van der Waals surface area contributed by atoms with Crippen LogP contribution in [0.1, 0.15) is 129 Å². The number of hydrogen-bond acceptors (Lipinski definition) is 3. The first-order valence-corrected chi connectivity index (χ1v) is 25.5. The van der Waals surface area contributed by atoms with E-state index in [-0.39, 0.29) is 50.6 Å². The molecule has 0 saturated carbocycles. The minimum absolute atomic E-state index is 0.0864. The fourth-order valence-electron chi connectivity index (χ4n) is 9.72. The molecular formula is C71H71N3O. The monoisotopic (exact) mass is 995 g/mol. The number of pyridine rings is 1. The molecule has 0 radical (unpaired) electrons. The number of aromatic nitrogens is 3. The van der Waals surface area contributed by atoms with E-state index in [0.717, 1.165) is 38.9 Å². The number of nitrogens with zero attached hydrogens (tertiary/aromatic N) is 3. The van der Waals surface area contributed by atoms with Gasteiger partial charge < -0.3 is 5.11 Å². The van der Waals surface area contributed by atoms with Gasteiger partial charge in [0.05, 0.1) is 41.7 Å². The number of imidazole rings is 1. The molecule has 0 bridgehead atoms. The molecule has 0 atom stereocenters. The molecule has 0 fully saturated rings. The SMILES string of the molecule is [2H]c1c([2H])c([2H])c(-c2cc(C(C)(C)C)cc(-c3c([2H])c([2H])c([2H])c([2H])c3[2H])c2-n2c(-c3cc(C(C)(C)C)cc(C(C)(C)C)c3O)nc3c(-c4cc(-c5cc(-c6ccc(-c7ccccc7C([2H])([2H])[2H])cc6)ccn5)cc(C(C)(C)C)c4)cccc32)c([2H])c1[2H]. The maximum Gasteiger partial charge on any atom is 0.149 e. The summed E-state index contributed by atoms with van der Waals surface area (Å²) in [6, 6.07) is 32.4. The van der Waals surface area contributed by atoms with Crippen LogP contribution in [0.25, 0.3) is 95.0 Å². The summed E-state index contributed by atoms with van der Waals surface area (Å²) in [5, 5.41) is 13.0. The minimum atomic E-state index is -2.29. The lowest BCUT2D eigenvalue weighted by Gasteiger charge is -2.28. The van der Waals surface area contributed by atoms with Gasteiger partial charge in [-0.25, -0.2) is 4.98 Å². The van der Waals surface area contributed by atoms with Crippen molar-refractivity contribution in [2.24, 2.45) is 0 Å². The van der Waals surface area contributed by atoms with Gasteiger partial charge in [0.15, 0.2) is 0 Å². The Bertz CT molecular complexity index is 4330. The predicted octanol–water partition coefficient (Wildman–Crippen LogP) is 19.3. The van der Waals surface area contributed by atoms with E-state index in [1.165, 1.54) is 0 Å². The Kier molecular flexibility index (Phi) is 9.44. The van der Waals surface area contributed by atoms with Crippen LogP contribution >= 0.6 is 0 Å². The number of para-hydroxylation sites is 1. The molecule has 376 valence electrons. The molecular weight excluding hydrogens is 911 g/mol. The number of aryl methyl sites for hydroxylation is 1. The summed E-state index contributed by atoms with van der Waals surface area (Å²) < 4.78 is 118. The van der Waals surface area contributed by atoms with Gasteiger partial charge in [-0.2, -0.15) is 0 Å². The average molecular weight is 995 g/mol. The minimum Gasteiger partial charge on any atom is -0.507 e. The van der Waals surface area contributed by atoms with E-state index in [1.54, 1.807) is 35.0 Å². The largest absolute Gasteiger partial charge is 0.507 e. The number of aromatic hydroxyl groups is 1. The predicted molar refractivity (Wildman–Crippen MR) is 318 cm³/mol. The van der Waals surface area contributed by atoms with Crippen molar-refractivity contribution < 1.29 is 22.9 Å². The second-order valence-electron chi connectivity index (χ2n) is 23.6. The number of rotatable bonds is 8. The lowest BCUT2D eigenvalue weighted by Crippen LogP contribution is -2.17. The molecule has 1 N–H and O–H groups in total. The van der Waals surface area contributed by atoms with Crippen LogP contribution in [0, 0.1) is 6.85 Å². The van der Waals surface area contributed by atoms with E-state index < -0.39 is 88.9 Å². The Morgan fingerprint density at radius 2 is 1.00 bits per heavy atom. The van der Waals surface area contributed by atoms with Gasteiger partial charge in [0.2, 0.25) is 0 Å².